The van der Waals surface area contributed by atoms with Crippen LogP contribution >= 0.6 is 34.7 Å². The molecule has 0 atom stereocenters. The number of thioether (sulfide) groups is 1. The molecule has 0 fully saturated rings. The van der Waals surface area contributed by atoms with E-state index < -0.39 is 0 Å². The van der Waals surface area contributed by atoms with Gasteiger partial charge in [0.2, 0.25) is 5.91 Å². The van der Waals surface area contributed by atoms with Crippen molar-refractivity contribution in [2.24, 2.45) is 0 Å². The van der Waals surface area contributed by atoms with Crippen LogP contribution in [0.15, 0.2) is 51.7 Å². The maximum absolute atomic E-state index is 12.9. The van der Waals surface area contributed by atoms with Gasteiger partial charge in [-0.25, -0.2) is 4.98 Å². The van der Waals surface area contributed by atoms with Crippen LogP contribution in [-0.4, -0.2) is 21.6 Å². The van der Waals surface area contributed by atoms with Gasteiger partial charge in [0.05, 0.1) is 11.1 Å². The van der Waals surface area contributed by atoms with E-state index in [1.54, 1.807) is 12.1 Å². The number of rotatable bonds is 5. The van der Waals surface area contributed by atoms with Crippen molar-refractivity contribution in [3.05, 3.63) is 73.8 Å². The molecule has 0 bridgehead atoms. The van der Waals surface area contributed by atoms with Gasteiger partial charge in [0.1, 0.15) is 4.83 Å². The van der Waals surface area contributed by atoms with Crippen LogP contribution in [0, 0.1) is 6.92 Å². The van der Waals surface area contributed by atoms with Crippen LogP contribution in [0.5, 0.6) is 0 Å². The Morgan fingerprint density at radius 1 is 1.21 bits per heavy atom. The van der Waals surface area contributed by atoms with E-state index in [0.717, 1.165) is 29.5 Å². The summed E-state index contributed by atoms with van der Waals surface area (Å²) in [7, 11) is 0. The molecule has 0 saturated heterocycles. The van der Waals surface area contributed by atoms with E-state index >= 15 is 0 Å². The second kappa shape index (κ2) is 9.33. The summed E-state index contributed by atoms with van der Waals surface area (Å²) in [6.45, 7) is 1.86. The second-order valence-electron chi connectivity index (χ2n) is 8.14. The molecule has 0 spiro atoms. The summed E-state index contributed by atoms with van der Waals surface area (Å²) in [5, 5.41) is 6.51. The third kappa shape index (κ3) is 4.58. The maximum Gasteiger partial charge on any atom is 0.260 e. The number of halogens is 1. The Morgan fingerprint density at radius 2 is 2.03 bits per heavy atom. The van der Waals surface area contributed by atoms with Gasteiger partial charge >= 0.3 is 0 Å². The number of aromatic amines is 1. The Kier molecular flexibility index (Phi) is 6.27. The fraction of sp³-hybridized carbons (Fsp3) is 0.240. The van der Waals surface area contributed by atoms with Crippen molar-refractivity contribution in [2.75, 3.05) is 11.1 Å². The van der Waals surface area contributed by atoms with Gasteiger partial charge in [-0.1, -0.05) is 47.6 Å². The molecular formula is C25H22ClN3O2S2. The summed E-state index contributed by atoms with van der Waals surface area (Å²) >= 11 is 8.78. The van der Waals surface area contributed by atoms with Gasteiger partial charge in [-0.05, 0) is 67.0 Å². The van der Waals surface area contributed by atoms with Crippen LogP contribution in [-0.2, 0) is 17.6 Å². The van der Waals surface area contributed by atoms with E-state index in [2.05, 4.69) is 33.5 Å². The van der Waals surface area contributed by atoms with Crippen molar-refractivity contribution in [3.63, 3.8) is 0 Å². The number of hydrogen-bond acceptors (Lipinski definition) is 5. The van der Waals surface area contributed by atoms with E-state index in [0.29, 0.717) is 26.1 Å². The minimum absolute atomic E-state index is 0.128. The molecule has 2 N–H and O–H groups in total. The zero-order chi connectivity index (χ0) is 22.9. The van der Waals surface area contributed by atoms with Gasteiger partial charge in [0.25, 0.3) is 5.56 Å². The number of thiophene rings is 1. The SMILES string of the molecule is Cc1c(Cl)cccc1NC(=O)CSc1nc2scc(-c3ccc4c(c3)CCCC4)c2c(=O)[nH]1. The molecule has 0 saturated carbocycles. The van der Waals surface area contributed by atoms with Gasteiger partial charge in [-0.15, -0.1) is 11.3 Å². The summed E-state index contributed by atoms with van der Waals surface area (Å²) in [5.74, 6) is -0.0576. The standard InChI is InChI=1S/C25H22ClN3O2S2/c1-14-19(26)7-4-8-20(14)27-21(30)13-33-25-28-23(31)22-18(12-32-24(22)29-25)17-10-9-15-5-2-3-6-16(15)11-17/h4,7-12H,2-3,5-6,13H2,1H3,(H,27,30)(H,28,29,31). The minimum atomic E-state index is -0.186. The molecule has 8 heteroatoms. The van der Waals surface area contributed by atoms with Crippen molar-refractivity contribution in [1.82, 2.24) is 9.97 Å². The lowest BCUT2D eigenvalue weighted by molar-refractivity contribution is -0.113. The van der Waals surface area contributed by atoms with E-state index in [4.69, 9.17) is 11.6 Å². The lowest BCUT2D eigenvalue weighted by atomic mass is 9.89. The van der Waals surface area contributed by atoms with Crippen LogP contribution in [0.1, 0.15) is 29.5 Å². The monoisotopic (exact) mass is 495 g/mol. The first kappa shape index (κ1) is 22.2. The molecule has 1 aliphatic rings. The molecule has 2 heterocycles. The van der Waals surface area contributed by atoms with Gasteiger partial charge in [0, 0.05) is 21.7 Å². The number of aromatic nitrogens is 2. The summed E-state index contributed by atoms with van der Waals surface area (Å²) in [6.07, 6.45) is 4.69. The number of nitrogens with zero attached hydrogens (tertiary/aromatic N) is 1. The number of carbonyl (C=O) groups excluding carboxylic acids is 1. The number of benzene rings is 2. The molecule has 5 nitrogen and oxygen atoms in total. The van der Waals surface area contributed by atoms with Crippen LogP contribution in [0.25, 0.3) is 21.3 Å². The highest BCUT2D eigenvalue weighted by Crippen LogP contribution is 2.34. The Morgan fingerprint density at radius 3 is 2.88 bits per heavy atom. The number of fused-ring (bicyclic) bond motifs is 2. The number of aryl methyl sites for hydroxylation is 2. The first-order valence-electron chi connectivity index (χ1n) is 10.8. The molecule has 0 aliphatic heterocycles. The average molecular weight is 496 g/mol. The summed E-state index contributed by atoms with van der Waals surface area (Å²) in [6, 6.07) is 11.9. The summed E-state index contributed by atoms with van der Waals surface area (Å²) < 4.78 is 0. The normalized spacial score (nSPS) is 13.2. The Hall–Kier alpha value is -2.61. The number of hydrogen-bond donors (Lipinski definition) is 2. The average Bonchev–Trinajstić information content (AvgIpc) is 3.25. The third-order valence-corrected chi connectivity index (χ3v) is 8.12. The van der Waals surface area contributed by atoms with Crippen LogP contribution < -0.4 is 10.9 Å². The predicted molar refractivity (Wildman–Crippen MR) is 138 cm³/mol. The lowest BCUT2D eigenvalue weighted by Crippen LogP contribution is -2.16. The fourth-order valence-electron chi connectivity index (χ4n) is 4.17. The van der Waals surface area contributed by atoms with Crippen molar-refractivity contribution >= 4 is 56.5 Å². The molecule has 1 amide bonds. The Labute approximate surface area is 204 Å². The zero-order valence-corrected chi connectivity index (χ0v) is 20.4. The molecular weight excluding hydrogens is 474 g/mol. The molecule has 5 rings (SSSR count). The number of carbonyl (C=O) groups is 1. The number of nitrogens with one attached hydrogen (secondary N) is 2. The molecule has 0 unspecified atom stereocenters. The minimum Gasteiger partial charge on any atom is -0.325 e. The first-order chi connectivity index (χ1) is 16.0. The quantitative estimate of drug-likeness (QED) is 0.254. The zero-order valence-electron chi connectivity index (χ0n) is 18.0. The molecule has 1 aliphatic carbocycles. The Bertz CT molecular complexity index is 1430. The van der Waals surface area contributed by atoms with Gasteiger partial charge in [-0.3, -0.25) is 9.59 Å². The smallest absolute Gasteiger partial charge is 0.260 e. The molecule has 33 heavy (non-hydrogen) atoms. The highest BCUT2D eigenvalue weighted by Gasteiger charge is 2.16. The lowest BCUT2D eigenvalue weighted by Gasteiger charge is -2.16. The van der Waals surface area contributed by atoms with E-state index in [1.807, 2.05) is 18.4 Å². The number of H-pyrrole nitrogens is 1. The van der Waals surface area contributed by atoms with Crippen LogP contribution in [0.4, 0.5) is 5.69 Å². The largest absolute Gasteiger partial charge is 0.325 e. The second-order valence-corrected chi connectivity index (χ2v) is 10.4. The fourth-order valence-corrected chi connectivity index (χ4v) is 6.02. The first-order valence-corrected chi connectivity index (χ1v) is 13.1. The van der Waals surface area contributed by atoms with E-state index in [-0.39, 0.29) is 17.2 Å². The van der Waals surface area contributed by atoms with Crippen molar-refractivity contribution < 1.29 is 4.79 Å². The predicted octanol–water partition coefficient (Wildman–Crippen LogP) is 6.22. The van der Waals surface area contributed by atoms with E-state index in [1.165, 1.54) is 47.1 Å². The van der Waals surface area contributed by atoms with Crippen LogP contribution in [0.3, 0.4) is 0 Å². The van der Waals surface area contributed by atoms with Crippen molar-refractivity contribution in [2.45, 2.75) is 37.8 Å². The molecule has 168 valence electrons. The Balaban J connectivity index is 1.35. The van der Waals surface area contributed by atoms with Gasteiger partial charge < -0.3 is 10.3 Å². The number of amides is 1. The number of anilines is 1. The third-order valence-electron chi connectivity index (χ3n) is 5.96. The molecule has 2 aromatic heterocycles. The highest BCUT2D eigenvalue weighted by atomic mass is 35.5. The topological polar surface area (TPSA) is 74.8 Å². The molecule has 4 aromatic rings. The van der Waals surface area contributed by atoms with Gasteiger partial charge in [0.15, 0.2) is 5.16 Å². The van der Waals surface area contributed by atoms with Crippen molar-refractivity contribution in [3.8, 4) is 11.1 Å². The highest BCUT2D eigenvalue weighted by molar-refractivity contribution is 7.99. The van der Waals surface area contributed by atoms with Crippen LogP contribution in [0.2, 0.25) is 5.02 Å². The van der Waals surface area contributed by atoms with E-state index in [9.17, 15) is 9.59 Å². The van der Waals surface area contributed by atoms with Crippen molar-refractivity contribution in [1.29, 1.82) is 0 Å². The summed E-state index contributed by atoms with van der Waals surface area (Å²) in [5.41, 5.74) is 6.10. The molecule has 2 aromatic carbocycles. The van der Waals surface area contributed by atoms with Gasteiger partial charge in [-0.2, -0.15) is 0 Å². The maximum atomic E-state index is 12.9. The summed E-state index contributed by atoms with van der Waals surface area (Å²) in [4.78, 5) is 33.5. The molecule has 0 radical (unpaired) electrons.